The lowest BCUT2D eigenvalue weighted by Gasteiger charge is -2.08. The zero-order valence-electron chi connectivity index (χ0n) is 13.0. The third-order valence-electron chi connectivity index (χ3n) is 3.39. The first kappa shape index (κ1) is 16.9. The lowest BCUT2D eigenvalue weighted by Crippen LogP contribution is -2.24. The van der Waals surface area contributed by atoms with Crippen LogP contribution in [-0.4, -0.2) is 15.9 Å². The Morgan fingerprint density at radius 3 is 2.48 bits per heavy atom. The second kappa shape index (κ2) is 7.72. The number of amides is 1. The average molecular weight is 357 g/mol. The van der Waals surface area contributed by atoms with Crippen molar-refractivity contribution in [2.75, 3.05) is 5.32 Å². The maximum atomic E-state index is 12.8. The fourth-order valence-corrected chi connectivity index (χ4v) is 2.27. The number of hydrogen-bond donors (Lipinski definition) is 2. The normalized spacial score (nSPS) is 10.3. The highest BCUT2D eigenvalue weighted by atomic mass is 35.5. The van der Waals surface area contributed by atoms with E-state index in [9.17, 15) is 9.18 Å². The van der Waals surface area contributed by atoms with Crippen LogP contribution < -0.4 is 10.6 Å². The number of rotatable bonds is 5. The predicted molar refractivity (Wildman–Crippen MR) is 94.3 cm³/mol. The Kier molecular flexibility index (Phi) is 5.20. The van der Waals surface area contributed by atoms with Crippen molar-refractivity contribution in [3.8, 4) is 0 Å². The molecule has 0 unspecified atom stereocenters. The smallest absolute Gasteiger partial charge is 0.271 e. The summed E-state index contributed by atoms with van der Waals surface area (Å²) in [7, 11) is 0. The van der Waals surface area contributed by atoms with Crippen molar-refractivity contribution in [1.82, 2.24) is 15.3 Å². The van der Waals surface area contributed by atoms with E-state index in [-0.39, 0.29) is 24.0 Å². The van der Waals surface area contributed by atoms with E-state index in [1.807, 2.05) is 18.2 Å². The Morgan fingerprint density at radius 1 is 1.04 bits per heavy atom. The standard InChI is InChI=1S/C18H14ClFN4O/c19-14-3-1-2-4-15(14)24-17-11-21-16(10-22-17)18(25)23-9-12-5-7-13(20)8-6-12/h1-8,10-11H,9H2,(H,22,24)(H,23,25). The van der Waals surface area contributed by atoms with Crippen molar-refractivity contribution < 1.29 is 9.18 Å². The maximum absolute atomic E-state index is 12.8. The molecule has 0 saturated heterocycles. The third-order valence-corrected chi connectivity index (χ3v) is 3.72. The predicted octanol–water partition coefficient (Wildman–Crippen LogP) is 3.94. The van der Waals surface area contributed by atoms with Crippen molar-refractivity contribution in [3.05, 3.63) is 83.0 Å². The summed E-state index contributed by atoms with van der Waals surface area (Å²) in [6.07, 6.45) is 2.83. The molecule has 0 aliphatic heterocycles. The minimum atomic E-state index is -0.360. The number of anilines is 2. The van der Waals surface area contributed by atoms with Gasteiger partial charge in [-0.3, -0.25) is 4.79 Å². The summed E-state index contributed by atoms with van der Waals surface area (Å²) in [4.78, 5) is 20.3. The van der Waals surface area contributed by atoms with E-state index in [4.69, 9.17) is 11.6 Å². The highest BCUT2D eigenvalue weighted by Crippen LogP contribution is 2.23. The summed E-state index contributed by atoms with van der Waals surface area (Å²) < 4.78 is 12.8. The molecule has 2 N–H and O–H groups in total. The molecule has 25 heavy (non-hydrogen) atoms. The van der Waals surface area contributed by atoms with Gasteiger partial charge in [0.2, 0.25) is 0 Å². The van der Waals surface area contributed by atoms with Gasteiger partial charge in [-0.2, -0.15) is 0 Å². The molecule has 1 aromatic heterocycles. The number of carbonyl (C=O) groups excluding carboxylic acids is 1. The molecule has 1 amide bonds. The van der Waals surface area contributed by atoms with Crippen LogP contribution >= 0.6 is 11.6 Å². The number of carbonyl (C=O) groups is 1. The first-order chi connectivity index (χ1) is 12.1. The van der Waals surface area contributed by atoms with E-state index in [0.717, 1.165) is 5.56 Å². The van der Waals surface area contributed by atoms with E-state index < -0.39 is 0 Å². The van der Waals surface area contributed by atoms with Gasteiger partial charge in [0.05, 0.1) is 23.1 Å². The molecule has 1 heterocycles. The van der Waals surface area contributed by atoms with Gasteiger partial charge < -0.3 is 10.6 Å². The number of nitrogens with one attached hydrogen (secondary N) is 2. The van der Waals surface area contributed by atoms with Crippen molar-refractivity contribution in [2.24, 2.45) is 0 Å². The molecule has 7 heteroatoms. The van der Waals surface area contributed by atoms with Crippen LogP contribution in [-0.2, 0) is 6.54 Å². The maximum Gasteiger partial charge on any atom is 0.271 e. The van der Waals surface area contributed by atoms with Crippen molar-refractivity contribution in [1.29, 1.82) is 0 Å². The van der Waals surface area contributed by atoms with Crippen LogP contribution in [0.2, 0.25) is 5.02 Å². The fraction of sp³-hybridized carbons (Fsp3) is 0.0556. The Hall–Kier alpha value is -2.99. The fourth-order valence-electron chi connectivity index (χ4n) is 2.09. The topological polar surface area (TPSA) is 66.9 Å². The molecule has 3 aromatic rings. The SMILES string of the molecule is O=C(NCc1ccc(F)cc1)c1cnc(Nc2ccccc2Cl)cn1. The summed E-state index contributed by atoms with van der Waals surface area (Å²) in [6, 6.07) is 13.2. The van der Waals surface area contributed by atoms with Gasteiger partial charge in [-0.15, -0.1) is 0 Å². The molecule has 0 radical (unpaired) electrons. The molecule has 0 fully saturated rings. The Labute approximate surface area is 148 Å². The summed E-state index contributed by atoms with van der Waals surface area (Å²) >= 11 is 6.07. The zero-order valence-corrected chi connectivity index (χ0v) is 13.8. The molecule has 0 bridgehead atoms. The zero-order chi connectivity index (χ0) is 17.6. The van der Waals surface area contributed by atoms with Crippen LogP contribution in [0.1, 0.15) is 16.1 Å². The van der Waals surface area contributed by atoms with Gasteiger partial charge in [0.15, 0.2) is 0 Å². The second-order valence-corrected chi connectivity index (χ2v) is 5.61. The largest absolute Gasteiger partial charge is 0.347 e. The van der Waals surface area contributed by atoms with Gasteiger partial charge in [0.25, 0.3) is 5.91 Å². The van der Waals surface area contributed by atoms with Gasteiger partial charge in [-0.25, -0.2) is 14.4 Å². The van der Waals surface area contributed by atoms with E-state index in [1.165, 1.54) is 24.5 Å². The summed E-state index contributed by atoms with van der Waals surface area (Å²) in [5.74, 6) is -0.202. The number of benzene rings is 2. The van der Waals surface area contributed by atoms with Crippen LogP contribution in [0.3, 0.4) is 0 Å². The van der Waals surface area contributed by atoms with Gasteiger partial charge in [0.1, 0.15) is 17.3 Å². The average Bonchev–Trinajstić information content (AvgIpc) is 2.63. The van der Waals surface area contributed by atoms with Gasteiger partial charge in [-0.05, 0) is 29.8 Å². The molecule has 0 saturated carbocycles. The minimum Gasteiger partial charge on any atom is -0.347 e. The van der Waals surface area contributed by atoms with Crippen LogP contribution in [0.15, 0.2) is 60.9 Å². The number of aromatic nitrogens is 2. The van der Waals surface area contributed by atoms with Gasteiger partial charge >= 0.3 is 0 Å². The quantitative estimate of drug-likeness (QED) is 0.726. The number of nitrogens with zero attached hydrogens (tertiary/aromatic N) is 2. The first-order valence-electron chi connectivity index (χ1n) is 7.48. The van der Waals surface area contributed by atoms with Crippen LogP contribution in [0.5, 0.6) is 0 Å². The number of halogens is 2. The minimum absolute atomic E-state index is 0.187. The van der Waals surface area contributed by atoms with Gasteiger partial charge in [-0.1, -0.05) is 35.9 Å². The van der Waals surface area contributed by atoms with E-state index >= 15 is 0 Å². The van der Waals surface area contributed by atoms with Gasteiger partial charge in [0, 0.05) is 6.54 Å². The van der Waals surface area contributed by atoms with Crippen molar-refractivity contribution in [2.45, 2.75) is 6.54 Å². The molecule has 3 rings (SSSR count). The molecular weight excluding hydrogens is 343 g/mol. The lowest BCUT2D eigenvalue weighted by molar-refractivity contribution is 0.0945. The molecular formula is C18H14ClFN4O. The van der Waals surface area contributed by atoms with Crippen LogP contribution in [0.25, 0.3) is 0 Å². The second-order valence-electron chi connectivity index (χ2n) is 5.20. The molecule has 0 aliphatic rings. The number of hydrogen-bond acceptors (Lipinski definition) is 4. The lowest BCUT2D eigenvalue weighted by atomic mass is 10.2. The Balaban J connectivity index is 1.60. The summed E-state index contributed by atoms with van der Waals surface area (Å²) in [6.45, 7) is 0.278. The highest BCUT2D eigenvalue weighted by Gasteiger charge is 2.08. The van der Waals surface area contributed by atoms with Crippen LogP contribution in [0, 0.1) is 5.82 Å². The molecule has 0 spiro atoms. The van der Waals surface area contributed by atoms with Crippen molar-refractivity contribution >= 4 is 29.0 Å². The Morgan fingerprint density at radius 2 is 1.80 bits per heavy atom. The van der Waals surface area contributed by atoms with Crippen molar-refractivity contribution in [3.63, 3.8) is 0 Å². The molecule has 0 aliphatic carbocycles. The first-order valence-corrected chi connectivity index (χ1v) is 7.86. The summed E-state index contributed by atoms with van der Waals surface area (Å²) in [5.41, 5.74) is 1.68. The summed E-state index contributed by atoms with van der Waals surface area (Å²) in [5, 5.41) is 6.30. The highest BCUT2D eigenvalue weighted by molar-refractivity contribution is 6.33. The molecule has 0 atom stereocenters. The van der Waals surface area contributed by atoms with Crippen LogP contribution in [0.4, 0.5) is 15.9 Å². The molecule has 5 nitrogen and oxygen atoms in total. The van der Waals surface area contributed by atoms with E-state index in [2.05, 4.69) is 20.6 Å². The third kappa shape index (κ3) is 4.51. The molecule has 2 aromatic carbocycles. The van der Waals surface area contributed by atoms with E-state index in [0.29, 0.717) is 16.5 Å². The Bertz CT molecular complexity index is 869. The monoisotopic (exact) mass is 356 g/mol. The molecule has 126 valence electrons. The number of para-hydroxylation sites is 1. The van der Waals surface area contributed by atoms with E-state index in [1.54, 1.807) is 18.2 Å².